The lowest BCUT2D eigenvalue weighted by atomic mass is 10.3. The predicted octanol–water partition coefficient (Wildman–Crippen LogP) is 3.99. The Morgan fingerprint density at radius 1 is 1.10 bits per heavy atom. The van der Waals surface area contributed by atoms with Crippen molar-refractivity contribution >= 4 is 33.5 Å². The van der Waals surface area contributed by atoms with Crippen LogP contribution in [0.4, 0.5) is 5.69 Å². The number of anilines is 1. The maximum absolute atomic E-state index is 4.27. The third-order valence-corrected chi connectivity index (χ3v) is 4.42. The van der Waals surface area contributed by atoms with E-state index in [-0.39, 0.29) is 0 Å². The van der Waals surface area contributed by atoms with Crippen molar-refractivity contribution < 1.29 is 4.57 Å². The second-order valence-corrected chi connectivity index (χ2v) is 6.05. The number of aryl methyl sites for hydroxylation is 2. The van der Waals surface area contributed by atoms with Crippen LogP contribution in [0.25, 0.3) is 10.2 Å². The van der Waals surface area contributed by atoms with Gasteiger partial charge in [0, 0.05) is 25.6 Å². The highest BCUT2D eigenvalue weighted by atomic mass is 32.1. The maximum Gasteiger partial charge on any atom is 0.235 e. The maximum atomic E-state index is 4.27. The van der Waals surface area contributed by atoms with E-state index < -0.39 is 0 Å². The number of benzene rings is 2. The Kier molecular flexibility index (Phi) is 4.26. The number of hydrogen-bond donors (Lipinski definition) is 1. The monoisotopic (exact) mass is 296 g/mol. The van der Waals surface area contributed by atoms with Gasteiger partial charge in [-0.1, -0.05) is 41.7 Å². The molecule has 0 aliphatic carbocycles. The minimum absolute atomic E-state index is 0.909. The van der Waals surface area contributed by atoms with Gasteiger partial charge in [0.05, 0.1) is 5.69 Å². The smallest absolute Gasteiger partial charge is 0.235 e. The van der Waals surface area contributed by atoms with Gasteiger partial charge < -0.3 is 0 Å². The fourth-order valence-electron chi connectivity index (χ4n) is 2.31. The van der Waals surface area contributed by atoms with Crippen molar-refractivity contribution in [3.8, 4) is 0 Å². The van der Waals surface area contributed by atoms with Crippen molar-refractivity contribution in [2.24, 2.45) is 5.10 Å². The van der Waals surface area contributed by atoms with Crippen molar-refractivity contribution in [1.29, 1.82) is 0 Å². The van der Waals surface area contributed by atoms with Crippen LogP contribution in [0, 0.1) is 6.92 Å². The van der Waals surface area contributed by atoms with E-state index >= 15 is 0 Å². The number of hydrazone groups is 1. The average Bonchev–Trinajstić information content (AvgIpc) is 2.84. The van der Waals surface area contributed by atoms with Gasteiger partial charge >= 0.3 is 0 Å². The molecule has 3 aromatic rings. The van der Waals surface area contributed by atoms with E-state index in [1.165, 1.54) is 15.2 Å². The molecule has 2 aromatic carbocycles. The van der Waals surface area contributed by atoms with Crippen LogP contribution in [0.5, 0.6) is 0 Å². The van der Waals surface area contributed by atoms with Gasteiger partial charge in [-0.25, -0.2) is 0 Å². The fourth-order valence-corrected chi connectivity index (χ4v) is 3.36. The van der Waals surface area contributed by atoms with Crippen molar-refractivity contribution in [3.63, 3.8) is 0 Å². The van der Waals surface area contributed by atoms with Crippen LogP contribution >= 0.6 is 11.3 Å². The SMILES string of the molecule is Cc1sc2ccccc2[n+]1CC/C=N/Nc1ccccc1. The summed E-state index contributed by atoms with van der Waals surface area (Å²) in [5.74, 6) is 0. The van der Waals surface area contributed by atoms with Crippen molar-refractivity contribution in [2.75, 3.05) is 5.43 Å². The van der Waals surface area contributed by atoms with E-state index in [4.69, 9.17) is 0 Å². The summed E-state index contributed by atoms with van der Waals surface area (Å²) in [7, 11) is 0. The van der Waals surface area contributed by atoms with Gasteiger partial charge in [-0.2, -0.15) is 9.67 Å². The summed E-state index contributed by atoms with van der Waals surface area (Å²) in [5, 5.41) is 5.60. The Bertz CT molecular complexity index is 747. The molecule has 0 bridgehead atoms. The van der Waals surface area contributed by atoms with E-state index in [2.05, 4.69) is 46.3 Å². The van der Waals surface area contributed by atoms with E-state index in [1.54, 1.807) is 0 Å². The lowest BCUT2D eigenvalue weighted by molar-refractivity contribution is -0.671. The van der Waals surface area contributed by atoms with E-state index in [0.717, 1.165) is 18.7 Å². The van der Waals surface area contributed by atoms with Gasteiger partial charge in [-0.05, 0) is 18.2 Å². The van der Waals surface area contributed by atoms with Crippen molar-refractivity contribution in [2.45, 2.75) is 19.9 Å². The zero-order valence-corrected chi connectivity index (χ0v) is 12.8. The number of hydrogen-bond acceptors (Lipinski definition) is 3. The average molecular weight is 296 g/mol. The van der Waals surface area contributed by atoms with Crippen LogP contribution in [0.15, 0.2) is 59.7 Å². The molecule has 0 amide bonds. The minimum Gasteiger partial charge on any atom is -0.279 e. The zero-order chi connectivity index (χ0) is 14.5. The number of aromatic nitrogens is 1. The van der Waals surface area contributed by atoms with Crippen LogP contribution in [-0.4, -0.2) is 6.21 Å². The normalized spacial score (nSPS) is 11.3. The number of fused-ring (bicyclic) bond motifs is 1. The van der Waals surface area contributed by atoms with Crippen LogP contribution < -0.4 is 9.99 Å². The van der Waals surface area contributed by atoms with Crippen LogP contribution in [0.3, 0.4) is 0 Å². The first-order valence-corrected chi connectivity index (χ1v) is 7.87. The molecule has 106 valence electrons. The molecule has 1 heterocycles. The molecule has 1 aromatic heterocycles. The standard InChI is InChI=1S/C17H18N3S/c1-14-20(16-10-5-6-11-17(16)21-14)13-7-12-18-19-15-8-3-2-4-9-15/h2-6,8-12,19H,7,13H2,1H3/q+1/b18-12+. The first-order valence-electron chi connectivity index (χ1n) is 7.05. The molecule has 0 aliphatic heterocycles. The Hall–Kier alpha value is -2.20. The summed E-state index contributed by atoms with van der Waals surface area (Å²) in [4.78, 5) is 0. The summed E-state index contributed by atoms with van der Waals surface area (Å²) < 4.78 is 3.70. The summed E-state index contributed by atoms with van der Waals surface area (Å²) in [6, 6.07) is 18.5. The van der Waals surface area contributed by atoms with Gasteiger partial charge in [-0.15, -0.1) is 0 Å². The fraction of sp³-hybridized carbons (Fsp3) is 0.176. The molecule has 0 unspecified atom stereocenters. The van der Waals surface area contributed by atoms with Crippen LogP contribution in [-0.2, 0) is 6.54 Å². The highest BCUT2D eigenvalue weighted by molar-refractivity contribution is 7.18. The van der Waals surface area contributed by atoms with Gasteiger partial charge in [0.2, 0.25) is 10.5 Å². The molecule has 0 spiro atoms. The van der Waals surface area contributed by atoms with Gasteiger partial charge in [0.15, 0.2) is 6.54 Å². The molecule has 3 rings (SSSR count). The molecule has 0 saturated heterocycles. The van der Waals surface area contributed by atoms with Crippen LogP contribution in [0.2, 0.25) is 0 Å². The number of nitrogens with one attached hydrogen (secondary N) is 1. The molecule has 0 saturated carbocycles. The largest absolute Gasteiger partial charge is 0.279 e. The second kappa shape index (κ2) is 6.50. The molecule has 1 N–H and O–H groups in total. The second-order valence-electron chi connectivity index (χ2n) is 4.82. The first-order chi connectivity index (χ1) is 10.3. The Morgan fingerprint density at radius 3 is 2.71 bits per heavy atom. The van der Waals surface area contributed by atoms with Gasteiger partial charge in [-0.3, -0.25) is 5.43 Å². The first kappa shape index (κ1) is 13.8. The Balaban J connectivity index is 1.61. The van der Waals surface area contributed by atoms with E-state index in [0.29, 0.717) is 0 Å². The molecule has 0 aliphatic rings. The molecule has 21 heavy (non-hydrogen) atoms. The van der Waals surface area contributed by atoms with Crippen LogP contribution in [0.1, 0.15) is 11.4 Å². The van der Waals surface area contributed by atoms with E-state index in [1.807, 2.05) is 47.9 Å². The lowest BCUT2D eigenvalue weighted by Crippen LogP contribution is -2.35. The molecular weight excluding hydrogens is 278 g/mol. The molecular formula is C17H18N3S+. The predicted molar refractivity (Wildman–Crippen MR) is 89.9 cm³/mol. The number of thiazole rings is 1. The van der Waals surface area contributed by atoms with Crippen molar-refractivity contribution in [3.05, 3.63) is 59.6 Å². The summed E-state index contributed by atoms with van der Waals surface area (Å²) in [6.45, 7) is 3.12. The highest BCUT2D eigenvalue weighted by Gasteiger charge is 2.15. The quantitative estimate of drug-likeness (QED) is 0.430. The zero-order valence-electron chi connectivity index (χ0n) is 12.0. The minimum atomic E-state index is 0.909. The third-order valence-electron chi connectivity index (χ3n) is 3.33. The van der Waals surface area contributed by atoms with E-state index in [9.17, 15) is 0 Å². The topological polar surface area (TPSA) is 28.3 Å². The Labute approximate surface area is 128 Å². The van der Waals surface area contributed by atoms with Gasteiger partial charge in [0.25, 0.3) is 0 Å². The number of para-hydroxylation sites is 2. The molecule has 3 nitrogen and oxygen atoms in total. The van der Waals surface area contributed by atoms with Gasteiger partial charge in [0.1, 0.15) is 4.70 Å². The molecule has 0 atom stereocenters. The summed E-state index contributed by atoms with van der Waals surface area (Å²) in [5.41, 5.74) is 5.36. The molecule has 0 fully saturated rings. The Morgan fingerprint density at radius 2 is 1.86 bits per heavy atom. The highest BCUT2D eigenvalue weighted by Crippen LogP contribution is 2.19. The molecule has 0 radical (unpaired) electrons. The molecule has 4 heteroatoms. The number of nitrogens with zero attached hydrogens (tertiary/aromatic N) is 2. The summed E-state index contributed by atoms with van der Waals surface area (Å²) in [6.07, 6.45) is 2.85. The third kappa shape index (κ3) is 3.28. The number of rotatable bonds is 5. The lowest BCUT2D eigenvalue weighted by Gasteiger charge is -1.98. The van der Waals surface area contributed by atoms with Crippen molar-refractivity contribution in [1.82, 2.24) is 0 Å². The summed E-state index contributed by atoms with van der Waals surface area (Å²) >= 11 is 1.84.